The van der Waals surface area contributed by atoms with Gasteiger partial charge >= 0.3 is 11.9 Å². The van der Waals surface area contributed by atoms with Crippen LogP contribution >= 0.6 is 0 Å². The van der Waals surface area contributed by atoms with Crippen molar-refractivity contribution in [2.24, 2.45) is 0 Å². The van der Waals surface area contributed by atoms with E-state index >= 15 is 0 Å². The minimum atomic E-state index is -1.19. The molecule has 0 spiro atoms. The topological polar surface area (TPSA) is 91.3 Å². The first kappa shape index (κ1) is 27.6. The Morgan fingerprint density at radius 1 is 0.621 bits per heavy atom. The van der Waals surface area contributed by atoms with Gasteiger partial charge in [-0.3, -0.25) is 0 Å². The molecule has 0 aromatic carbocycles. The Morgan fingerprint density at radius 2 is 1.07 bits per heavy atom. The van der Waals surface area contributed by atoms with Gasteiger partial charge in [0.25, 0.3) is 0 Å². The number of rotatable bonds is 22. The maximum Gasteiger partial charge on any atom is 0.331 e. The Kier molecular flexibility index (Phi) is 21.7. The number of carboxylic acids is 1. The van der Waals surface area contributed by atoms with Gasteiger partial charge in [0.05, 0.1) is 33.0 Å². The summed E-state index contributed by atoms with van der Waals surface area (Å²) in [6, 6.07) is 0. The zero-order valence-electron chi connectivity index (χ0n) is 18.1. The summed E-state index contributed by atoms with van der Waals surface area (Å²) in [5, 5.41) is 8.36. The zero-order valence-corrected chi connectivity index (χ0v) is 18.1. The molecule has 170 valence electrons. The van der Waals surface area contributed by atoms with Crippen LogP contribution in [0.3, 0.4) is 0 Å². The molecule has 0 atom stereocenters. The van der Waals surface area contributed by atoms with Crippen molar-refractivity contribution in [3.05, 3.63) is 12.2 Å². The van der Waals surface area contributed by atoms with Crippen LogP contribution in [0.1, 0.15) is 71.1 Å². The average molecular weight is 417 g/mol. The lowest BCUT2D eigenvalue weighted by molar-refractivity contribution is -0.140. The first-order valence-corrected chi connectivity index (χ1v) is 11.0. The zero-order chi connectivity index (χ0) is 21.4. The summed E-state index contributed by atoms with van der Waals surface area (Å²) >= 11 is 0. The first-order valence-electron chi connectivity index (χ1n) is 11.0. The summed E-state index contributed by atoms with van der Waals surface area (Å²) in [4.78, 5) is 21.3. The number of hydrogen-bond donors (Lipinski definition) is 1. The molecule has 0 unspecified atom stereocenters. The third-order valence-corrected chi connectivity index (χ3v) is 4.22. The smallest absolute Gasteiger partial charge is 0.331 e. The molecule has 0 aliphatic carbocycles. The Balaban J connectivity index is 3.12. The monoisotopic (exact) mass is 416 g/mol. The predicted molar refractivity (Wildman–Crippen MR) is 112 cm³/mol. The largest absolute Gasteiger partial charge is 0.478 e. The molecule has 0 rings (SSSR count). The molecule has 0 amide bonds. The summed E-state index contributed by atoms with van der Waals surface area (Å²) in [6.07, 6.45) is 14.8. The van der Waals surface area contributed by atoms with Crippen molar-refractivity contribution in [3.63, 3.8) is 0 Å². The Hall–Kier alpha value is -1.44. The molecule has 0 radical (unpaired) electrons. The van der Waals surface area contributed by atoms with E-state index in [0.717, 1.165) is 25.2 Å². The summed E-state index contributed by atoms with van der Waals surface area (Å²) in [7, 11) is 0. The molecule has 0 saturated carbocycles. The van der Waals surface area contributed by atoms with Crippen molar-refractivity contribution in [1.29, 1.82) is 0 Å². The average Bonchev–Trinajstić information content (AvgIpc) is 2.70. The normalized spacial score (nSPS) is 11.2. The van der Waals surface area contributed by atoms with Crippen LogP contribution in [0.25, 0.3) is 0 Å². The van der Waals surface area contributed by atoms with E-state index in [1.54, 1.807) is 0 Å². The van der Waals surface area contributed by atoms with Crippen LogP contribution in [0.2, 0.25) is 0 Å². The summed E-state index contributed by atoms with van der Waals surface area (Å²) in [5.74, 6) is -1.89. The Labute approximate surface area is 175 Å². The molecule has 0 aromatic heterocycles. The lowest BCUT2D eigenvalue weighted by Gasteiger charge is -2.07. The third kappa shape index (κ3) is 24.5. The molecule has 7 heteroatoms. The Morgan fingerprint density at radius 3 is 1.59 bits per heavy atom. The second-order valence-electron chi connectivity index (χ2n) is 6.86. The van der Waals surface area contributed by atoms with Crippen LogP contribution in [-0.2, 0) is 28.5 Å². The summed E-state index contributed by atoms with van der Waals surface area (Å²) < 4.78 is 20.9. The van der Waals surface area contributed by atoms with Crippen molar-refractivity contribution < 1.29 is 33.6 Å². The fourth-order valence-electron chi connectivity index (χ4n) is 2.62. The van der Waals surface area contributed by atoms with Gasteiger partial charge in [-0.05, 0) is 6.42 Å². The molecular formula is C22H40O7. The maximum absolute atomic E-state index is 11.1. The molecule has 29 heavy (non-hydrogen) atoms. The van der Waals surface area contributed by atoms with Crippen molar-refractivity contribution in [3.8, 4) is 0 Å². The van der Waals surface area contributed by atoms with E-state index in [9.17, 15) is 9.59 Å². The molecule has 0 heterocycles. The molecular weight excluding hydrogens is 376 g/mol. The van der Waals surface area contributed by atoms with Crippen LogP contribution in [0.5, 0.6) is 0 Å². The van der Waals surface area contributed by atoms with E-state index in [1.807, 2.05) is 0 Å². The standard InChI is InChI=1S/C22H40O7/c1-2-3-4-5-6-7-8-9-10-11-14-26-15-16-27-17-18-28-19-20-29-22(25)13-12-21(23)24/h12-13H,2-11,14-20H2,1H3,(H,23,24). The van der Waals surface area contributed by atoms with Gasteiger partial charge in [-0.1, -0.05) is 64.7 Å². The van der Waals surface area contributed by atoms with E-state index < -0.39 is 11.9 Å². The number of carbonyl (C=O) groups is 2. The molecule has 0 aromatic rings. The van der Waals surface area contributed by atoms with Gasteiger partial charge < -0.3 is 24.1 Å². The minimum Gasteiger partial charge on any atom is -0.478 e. The van der Waals surface area contributed by atoms with Crippen LogP contribution in [0, 0.1) is 0 Å². The number of ether oxygens (including phenoxy) is 4. The highest BCUT2D eigenvalue weighted by Crippen LogP contribution is 2.10. The number of aliphatic carboxylic acids is 1. The predicted octanol–water partition coefficient (Wildman–Crippen LogP) is 4.14. The molecule has 0 bridgehead atoms. The first-order chi connectivity index (χ1) is 14.2. The third-order valence-electron chi connectivity index (χ3n) is 4.22. The second kappa shape index (κ2) is 22.8. The van der Waals surface area contributed by atoms with E-state index in [-0.39, 0.29) is 13.2 Å². The van der Waals surface area contributed by atoms with Crippen molar-refractivity contribution >= 4 is 11.9 Å². The highest BCUT2D eigenvalue weighted by atomic mass is 16.6. The Bertz CT molecular complexity index is 410. The summed E-state index contributed by atoms with van der Waals surface area (Å²) in [5.41, 5.74) is 0. The molecule has 1 N–H and O–H groups in total. The highest BCUT2D eigenvalue weighted by molar-refractivity contribution is 5.90. The fraction of sp³-hybridized carbons (Fsp3) is 0.818. The quantitative estimate of drug-likeness (QED) is 0.161. The van der Waals surface area contributed by atoms with E-state index in [2.05, 4.69) is 6.92 Å². The minimum absolute atomic E-state index is 0.0742. The lowest BCUT2D eigenvalue weighted by atomic mass is 10.1. The number of carboxylic acid groups (broad SMARTS) is 1. The maximum atomic E-state index is 11.1. The van der Waals surface area contributed by atoms with Gasteiger partial charge in [0.15, 0.2) is 0 Å². The van der Waals surface area contributed by atoms with Gasteiger partial charge in [-0.2, -0.15) is 0 Å². The molecule has 0 aliphatic heterocycles. The molecule has 7 nitrogen and oxygen atoms in total. The van der Waals surface area contributed by atoms with Gasteiger partial charge in [-0.25, -0.2) is 9.59 Å². The number of hydrogen-bond acceptors (Lipinski definition) is 6. The van der Waals surface area contributed by atoms with Gasteiger partial charge in [0, 0.05) is 18.8 Å². The van der Waals surface area contributed by atoms with Crippen LogP contribution < -0.4 is 0 Å². The van der Waals surface area contributed by atoms with Crippen LogP contribution in [0.15, 0.2) is 12.2 Å². The van der Waals surface area contributed by atoms with E-state index in [1.165, 1.54) is 57.8 Å². The van der Waals surface area contributed by atoms with Crippen molar-refractivity contribution in [1.82, 2.24) is 0 Å². The number of carbonyl (C=O) groups excluding carboxylic acids is 1. The lowest BCUT2D eigenvalue weighted by Crippen LogP contribution is -2.13. The van der Waals surface area contributed by atoms with E-state index in [4.69, 9.17) is 24.1 Å². The molecule has 0 aliphatic rings. The number of unbranched alkanes of at least 4 members (excludes halogenated alkanes) is 9. The van der Waals surface area contributed by atoms with Crippen molar-refractivity contribution in [2.45, 2.75) is 71.1 Å². The molecule has 0 saturated heterocycles. The summed E-state index contributed by atoms with van der Waals surface area (Å²) in [6.45, 7) is 5.34. The fourth-order valence-corrected chi connectivity index (χ4v) is 2.62. The van der Waals surface area contributed by atoms with Gasteiger partial charge in [0.2, 0.25) is 0 Å². The van der Waals surface area contributed by atoms with E-state index in [0.29, 0.717) is 26.4 Å². The van der Waals surface area contributed by atoms with Crippen LogP contribution in [-0.4, -0.2) is 63.3 Å². The van der Waals surface area contributed by atoms with Gasteiger partial charge in [0.1, 0.15) is 6.61 Å². The molecule has 0 fully saturated rings. The van der Waals surface area contributed by atoms with Gasteiger partial charge in [-0.15, -0.1) is 0 Å². The number of esters is 1. The van der Waals surface area contributed by atoms with Crippen LogP contribution in [0.4, 0.5) is 0 Å². The SMILES string of the molecule is CCCCCCCCCCCCOCCOCCOCCOC(=O)C=CC(=O)O. The highest BCUT2D eigenvalue weighted by Gasteiger charge is 1.98. The second-order valence-corrected chi connectivity index (χ2v) is 6.86. The van der Waals surface area contributed by atoms with Crippen molar-refractivity contribution in [2.75, 3.05) is 46.2 Å².